The summed E-state index contributed by atoms with van der Waals surface area (Å²) in [5.74, 6) is 0. The summed E-state index contributed by atoms with van der Waals surface area (Å²) in [6.07, 6.45) is 4.77. The Balaban J connectivity index is 1.35. The number of benzene rings is 1. The molecular weight excluding hydrogens is 308 g/mol. The van der Waals surface area contributed by atoms with Gasteiger partial charge in [-0.05, 0) is 25.0 Å². The number of para-hydroxylation sites is 1. The van der Waals surface area contributed by atoms with E-state index in [0.717, 1.165) is 49.7 Å². The highest BCUT2D eigenvalue weighted by Gasteiger charge is 2.25. The summed E-state index contributed by atoms with van der Waals surface area (Å²) in [6, 6.07) is 8.75. The highest BCUT2D eigenvalue weighted by molar-refractivity contribution is 7.22. The van der Waals surface area contributed by atoms with Crippen LogP contribution in [0, 0.1) is 0 Å². The number of carbonyl (C=O) groups is 1. The minimum Gasteiger partial charge on any atom is -0.345 e. The quantitative estimate of drug-likeness (QED) is 0.920. The summed E-state index contributed by atoms with van der Waals surface area (Å²) in [5.41, 5.74) is 1.06. The van der Waals surface area contributed by atoms with E-state index in [1.165, 1.54) is 17.5 Å². The average molecular weight is 330 g/mol. The zero-order chi connectivity index (χ0) is 15.6. The molecule has 23 heavy (non-hydrogen) atoms. The number of nitrogens with zero attached hydrogens (tertiary/aromatic N) is 3. The standard InChI is InChI=1S/C17H22N4OS/c22-16(18-13-5-1-2-6-13)20-9-11-21(12-10-20)17-19-14-7-3-4-8-15(14)23-17/h3-4,7-8,13H,1-2,5-6,9-12H2,(H,18,22). The number of urea groups is 1. The molecule has 2 heterocycles. The third-order valence-corrected chi connectivity index (χ3v) is 5.90. The Kier molecular flexibility index (Phi) is 4.08. The fourth-order valence-corrected chi connectivity index (χ4v) is 4.45. The Labute approximate surface area is 140 Å². The highest BCUT2D eigenvalue weighted by Crippen LogP contribution is 2.29. The molecular formula is C17H22N4OS. The molecule has 0 unspecified atom stereocenters. The second-order valence-corrected chi connectivity index (χ2v) is 7.38. The van der Waals surface area contributed by atoms with Gasteiger partial charge in [0.15, 0.2) is 5.13 Å². The zero-order valence-corrected chi connectivity index (χ0v) is 14.0. The van der Waals surface area contributed by atoms with Crippen LogP contribution in [0.5, 0.6) is 0 Å². The molecule has 1 saturated carbocycles. The molecule has 1 N–H and O–H groups in total. The molecule has 0 radical (unpaired) electrons. The molecule has 1 aromatic heterocycles. The number of amides is 2. The van der Waals surface area contributed by atoms with Crippen LogP contribution >= 0.6 is 11.3 Å². The molecule has 6 heteroatoms. The van der Waals surface area contributed by atoms with Crippen molar-refractivity contribution in [1.82, 2.24) is 15.2 Å². The summed E-state index contributed by atoms with van der Waals surface area (Å²) in [4.78, 5) is 21.3. The lowest BCUT2D eigenvalue weighted by molar-refractivity contribution is 0.190. The van der Waals surface area contributed by atoms with Gasteiger partial charge in [-0.3, -0.25) is 0 Å². The van der Waals surface area contributed by atoms with E-state index in [2.05, 4.69) is 28.4 Å². The highest BCUT2D eigenvalue weighted by atomic mass is 32.1. The first kappa shape index (κ1) is 14.8. The second kappa shape index (κ2) is 6.35. The van der Waals surface area contributed by atoms with Gasteiger partial charge in [-0.15, -0.1) is 0 Å². The molecule has 122 valence electrons. The Bertz CT molecular complexity index is 654. The van der Waals surface area contributed by atoms with Crippen molar-refractivity contribution in [1.29, 1.82) is 0 Å². The van der Waals surface area contributed by atoms with Gasteiger partial charge in [0.25, 0.3) is 0 Å². The van der Waals surface area contributed by atoms with Gasteiger partial charge in [-0.2, -0.15) is 0 Å². The molecule has 1 saturated heterocycles. The van der Waals surface area contributed by atoms with Gasteiger partial charge < -0.3 is 15.1 Å². The third-order valence-electron chi connectivity index (χ3n) is 4.80. The number of rotatable bonds is 2. The van der Waals surface area contributed by atoms with Gasteiger partial charge in [0, 0.05) is 32.2 Å². The van der Waals surface area contributed by atoms with Crippen molar-refractivity contribution < 1.29 is 4.79 Å². The van der Waals surface area contributed by atoms with Crippen LogP contribution in [-0.4, -0.2) is 48.1 Å². The molecule has 4 rings (SSSR count). The maximum absolute atomic E-state index is 12.3. The fourth-order valence-electron chi connectivity index (χ4n) is 3.43. The van der Waals surface area contributed by atoms with Gasteiger partial charge in [0.1, 0.15) is 0 Å². The van der Waals surface area contributed by atoms with Crippen LogP contribution in [0.2, 0.25) is 0 Å². The van der Waals surface area contributed by atoms with E-state index >= 15 is 0 Å². The normalized spacial score (nSPS) is 19.5. The summed E-state index contributed by atoms with van der Waals surface area (Å²) >= 11 is 1.74. The SMILES string of the molecule is O=C(NC1CCCC1)N1CCN(c2nc3ccccc3s2)CC1. The lowest BCUT2D eigenvalue weighted by Crippen LogP contribution is -2.53. The first-order chi connectivity index (χ1) is 11.3. The predicted octanol–water partition coefficient (Wildman–Crippen LogP) is 3.07. The first-order valence-corrected chi connectivity index (χ1v) is 9.27. The molecule has 1 aliphatic carbocycles. The van der Waals surface area contributed by atoms with Crippen molar-refractivity contribution in [2.45, 2.75) is 31.7 Å². The number of fused-ring (bicyclic) bond motifs is 1. The number of hydrogen-bond donors (Lipinski definition) is 1. The van der Waals surface area contributed by atoms with Crippen molar-refractivity contribution in [3.63, 3.8) is 0 Å². The maximum atomic E-state index is 12.3. The molecule has 0 bridgehead atoms. The van der Waals surface area contributed by atoms with E-state index < -0.39 is 0 Å². The number of hydrogen-bond acceptors (Lipinski definition) is 4. The number of carbonyl (C=O) groups excluding carboxylic acids is 1. The molecule has 2 aromatic rings. The van der Waals surface area contributed by atoms with Crippen molar-refractivity contribution in [3.05, 3.63) is 24.3 Å². The van der Waals surface area contributed by atoms with E-state index in [1.807, 2.05) is 11.0 Å². The summed E-state index contributed by atoms with van der Waals surface area (Å²) in [7, 11) is 0. The number of aromatic nitrogens is 1. The minimum absolute atomic E-state index is 0.112. The number of anilines is 1. The second-order valence-electron chi connectivity index (χ2n) is 6.37. The largest absolute Gasteiger partial charge is 0.345 e. The summed E-state index contributed by atoms with van der Waals surface area (Å²) in [6.45, 7) is 3.26. The molecule has 2 fully saturated rings. The van der Waals surface area contributed by atoms with Gasteiger partial charge in [-0.1, -0.05) is 36.3 Å². The average Bonchev–Trinajstić information content (AvgIpc) is 3.24. The van der Waals surface area contributed by atoms with E-state index in [0.29, 0.717) is 6.04 Å². The van der Waals surface area contributed by atoms with Crippen LogP contribution in [0.15, 0.2) is 24.3 Å². The minimum atomic E-state index is 0.112. The summed E-state index contributed by atoms with van der Waals surface area (Å²) in [5, 5.41) is 4.25. The van der Waals surface area contributed by atoms with Crippen molar-refractivity contribution in [2.24, 2.45) is 0 Å². The fraction of sp³-hybridized carbons (Fsp3) is 0.529. The van der Waals surface area contributed by atoms with Crippen molar-refractivity contribution >= 4 is 32.7 Å². The molecule has 1 aliphatic heterocycles. The lowest BCUT2D eigenvalue weighted by Gasteiger charge is -2.35. The Hall–Kier alpha value is -1.82. The number of piperazine rings is 1. The van der Waals surface area contributed by atoms with Crippen LogP contribution in [0.4, 0.5) is 9.93 Å². The Morgan fingerprint density at radius 3 is 2.61 bits per heavy atom. The maximum Gasteiger partial charge on any atom is 0.317 e. The van der Waals surface area contributed by atoms with Crippen LogP contribution in [0.25, 0.3) is 10.2 Å². The molecule has 1 aromatic carbocycles. The van der Waals surface area contributed by atoms with E-state index in [4.69, 9.17) is 4.98 Å². The predicted molar refractivity (Wildman–Crippen MR) is 94.2 cm³/mol. The first-order valence-electron chi connectivity index (χ1n) is 8.45. The summed E-state index contributed by atoms with van der Waals surface area (Å²) < 4.78 is 1.23. The smallest absolute Gasteiger partial charge is 0.317 e. The molecule has 5 nitrogen and oxygen atoms in total. The number of thiazole rings is 1. The Morgan fingerprint density at radius 2 is 1.87 bits per heavy atom. The van der Waals surface area contributed by atoms with E-state index in [1.54, 1.807) is 11.3 Å². The monoisotopic (exact) mass is 330 g/mol. The topological polar surface area (TPSA) is 48.5 Å². The van der Waals surface area contributed by atoms with Gasteiger partial charge in [0.05, 0.1) is 10.2 Å². The van der Waals surface area contributed by atoms with Gasteiger partial charge >= 0.3 is 6.03 Å². The van der Waals surface area contributed by atoms with Gasteiger partial charge in [-0.25, -0.2) is 9.78 Å². The molecule has 0 atom stereocenters. The van der Waals surface area contributed by atoms with Crippen LogP contribution in [-0.2, 0) is 0 Å². The van der Waals surface area contributed by atoms with Crippen molar-refractivity contribution in [2.75, 3.05) is 31.1 Å². The van der Waals surface area contributed by atoms with Gasteiger partial charge in [0.2, 0.25) is 0 Å². The van der Waals surface area contributed by atoms with Crippen LogP contribution < -0.4 is 10.2 Å². The van der Waals surface area contributed by atoms with Crippen LogP contribution in [0.1, 0.15) is 25.7 Å². The van der Waals surface area contributed by atoms with Crippen molar-refractivity contribution in [3.8, 4) is 0 Å². The third kappa shape index (κ3) is 3.13. The lowest BCUT2D eigenvalue weighted by atomic mass is 10.2. The molecule has 0 spiro atoms. The zero-order valence-electron chi connectivity index (χ0n) is 13.2. The molecule has 2 aliphatic rings. The van der Waals surface area contributed by atoms with Crippen LogP contribution in [0.3, 0.4) is 0 Å². The van der Waals surface area contributed by atoms with E-state index in [9.17, 15) is 4.79 Å². The Morgan fingerprint density at radius 1 is 1.13 bits per heavy atom. The molecule has 2 amide bonds. The van der Waals surface area contributed by atoms with E-state index in [-0.39, 0.29) is 6.03 Å². The number of nitrogens with one attached hydrogen (secondary N) is 1.